The largest absolute Gasteiger partial charge is 0.456 e. The van der Waals surface area contributed by atoms with Crippen LogP contribution in [0, 0.1) is 6.92 Å². The van der Waals surface area contributed by atoms with Gasteiger partial charge in [0.15, 0.2) is 0 Å². The van der Waals surface area contributed by atoms with Gasteiger partial charge < -0.3 is 9.32 Å². The number of benzene rings is 9. The standard InChI is InChI=1S/C56H39NO/c1-38-23-27-41(28-24-38)56(52-20-10-7-17-48(52)46-15-5-6-16-47(46)49-18-8-11-21-53(49)56)42-29-33-44(34-30-42)57(43-31-25-40(26-32-43)39-13-3-2-4-14-39)45-35-36-55-51(37-45)50-19-9-12-22-54(50)58-55/h2-37H,1H3. The number of aryl methyl sites for hydroxylation is 1. The van der Waals surface area contributed by atoms with Gasteiger partial charge in [-0.2, -0.15) is 0 Å². The molecule has 11 rings (SSSR count). The molecule has 274 valence electrons. The zero-order valence-corrected chi connectivity index (χ0v) is 32.1. The Balaban J connectivity index is 1.14. The van der Waals surface area contributed by atoms with Crippen LogP contribution >= 0.6 is 0 Å². The smallest absolute Gasteiger partial charge is 0.135 e. The lowest BCUT2D eigenvalue weighted by atomic mass is 9.63. The Kier molecular flexibility index (Phi) is 7.97. The van der Waals surface area contributed by atoms with Crippen molar-refractivity contribution < 1.29 is 4.42 Å². The van der Waals surface area contributed by atoms with Crippen LogP contribution in [0.15, 0.2) is 223 Å². The third kappa shape index (κ3) is 5.33. The van der Waals surface area contributed by atoms with Crippen LogP contribution in [0.5, 0.6) is 0 Å². The molecule has 9 aromatic carbocycles. The molecule has 0 N–H and O–H groups in total. The van der Waals surface area contributed by atoms with Gasteiger partial charge in [-0.25, -0.2) is 0 Å². The molecule has 0 fully saturated rings. The molecule has 0 unspecified atom stereocenters. The van der Waals surface area contributed by atoms with Crippen LogP contribution in [0.3, 0.4) is 0 Å². The van der Waals surface area contributed by atoms with E-state index in [4.69, 9.17) is 4.42 Å². The molecular weight excluding hydrogens is 703 g/mol. The zero-order chi connectivity index (χ0) is 38.6. The van der Waals surface area contributed by atoms with Gasteiger partial charge in [-0.15, -0.1) is 0 Å². The Bertz CT molecular complexity index is 3040. The Hall–Kier alpha value is -7.42. The maximum Gasteiger partial charge on any atom is 0.135 e. The highest BCUT2D eigenvalue weighted by molar-refractivity contribution is 6.06. The summed E-state index contributed by atoms with van der Waals surface area (Å²) >= 11 is 0. The fourth-order valence-corrected chi connectivity index (χ4v) is 9.37. The van der Waals surface area contributed by atoms with Crippen molar-refractivity contribution in [2.24, 2.45) is 0 Å². The van der Waals surface area contributed by atoms with Gasteiger partial charge in [0.05, 0.1) is 5.41 Å². The third-order valence-electron chi connectivity index (χ3n) is 12.1. The van der Waals surface area contributed by atoms with Gasteiger partial charge in [-0.05, 0) is 111 Å². The summed E-state index contributed by atoms with van der Waals surface area (Å²) < 4.78 is 6.28. The topological polar surface area (TPSA) is 16.4 Å². The summed E-state index contributed by atoms with van der Waals surface area (Å²) in [6.45, 7) is 2.17. The second kappa shape index (κ2) is 13.7. The fourth-order valence-electron chi connectivity index (χ4n) is 9.37. The molecule has 0 spiro atoms. The van der Waals surface area contributed by atoms with Gasteiger partial charge in [-0.1, -0.05) is 175 Å². The van der Waals surface area contributed by atoms with Gasteiger partial charge in [0.2, 0.25) is 0 Å². The van der Waals surface area contributed by atoms with Crippen LogP contribution < -0.4 is 4.90 Å². The van der Waals surface area contributed by atoms with Crippen LogP contribution in [0.25, 0.3) is 55.3 Å². The van der Waals surface area contributed by atoms with Crippen molar-refractivity contribution in [3.8, 4) is 33.4 Å². The molecule has 0 saturated carbocycles. The molecule has 0 radical (unpaired) electrons. The van der Waals surface area contributed by atoms with Crippen LogP contribution in [0.2, 0.25) is 0 Å². The van der Waals surface area contributed by atoms with Crippen molar-refractivity contribution in [3.63, 3.8) is 0 Å². The molecule has 1 aliphatic carbocycles. The molecule has 1 aliphatic rings. The van der Waals surface area contributed by atoms with Crippen molar-refractivity contribution in [1.82, 2.24) is 0 Å². The van der Waals surface area contributed by atoms with Crippen LogP contribution in [0.1, 0.15) is 27.8 Å². The lowest BCUT2D eigenvalue weighted by Crippen LogP contribution is -2.31. The van der Waals surface area contributed by atoms with E-state index in [0.29, 0.717) is 0 Å². The number of furan rings is 1. The normalized spacial score (nSPS) is 12.7. The van der Waals surface area contributed by atoms with E-state index in [1.54, 1.807) is 0 Å². The minimum absolute atomic E-state index is 0.602. The molecule has 0 amide bonds. The van der Waals surface area contributed by atoms with Gasteiger partial charge in [-0.3, -0.25) is 0 Å². The molecule has 10 aromatic rings. The summed E-state index contributed by atoms with van der Waals surface area (Å²) in [7, 11) is 0. The average Bonchev–Trinajstić information content (AvgIpc) is 3.62. The number of para-hydroxylation sites is 1. The van der Waals surface area contributed by atoms with Gasteiger partial charge in [0, 0.05) is 27.8 Å². The lowest BCUT2D eigenvalue weighted by Gasteiger charge is -2.38. The fraction of sp³-hybridized carbons (Fsp3) is 0.0357. The maximum atomic E-state index is 6.28. The second-order valence-electron chi connectivity index (χ2n) is 15.3. The average molecular weight is 742 g/mol. The number of anilines is 3. The molecule has 2 nitrogen and oxygen atoms in total. The highest BCUT2D eigenvalue weighted by Gasteiger charge is 2.43. The van der Waals surface area contributed by atoms with E-state index in [0.717, 1.165) is 39.0 Å². The highest BCUT2D eigenvalue weighted by atomic mass is 16.3. The number of fused-ring (bicyclic) bond motifs is 8. The third-order valence-corrected chi connectivity index (χ3v) is 12.1. The first kappa shape index (κ1) is 33.9. The van der Waals surface area contributed by atoms with E-state index in [9.17, 15) is 0 Å². The van der Waals surface area contributed by atoms with Crippen molar-refractivity contribution in [2.75, 3.05) is 4.90 Å². The Labute approximate surface area is 338 Å². The lowest BCUT2D eigenvalue weighted by molar-refractivity contribution is 0.669. The molecule has 1 aromatic heterocycles. The number of hydrogen-bond donors (Lipinski definition) is 0. The molecule has 58 heavy (non-hydrogen) atoms. The van der Waals surface area contributed by atoms with Gasteiger partial charge >= 0.3 is 0 Å². The predicted octanol–water partition coefficient (Wildman–Crippen LogP) is 15.1. The van der Waals surface area contributed by atoms with Gasteiger partial charge in [0.1, 0.15) is 11.2 Å². The Morgan fingerprint density at radius 2 is 0.828 bits per heavy atom. The van der Waals surface area contributed by atoms with Crippen molar-refractivity contribution >= 4 is 39.0 Å². The molecule has 0 aliphatic heterocycles. The minimum Gasteiger partial charge on any atom is -0.456 e. The first-order chi connectivity index (χ1) is 28.7. The van der Waals surface area contributed by atoms with E-state index in [-0.39, 0.29) is 0 Å². The summed E-state index contributed by atoms with van der Waals surface area (Å²) in [6.07, 6.45) is 0. The summed E-state index contributed by atoms with van der Waals surface area (Å²) in [5.74, 6) is 0. The zero-order valence-electron chi connectivity index (χ0n) is 32.1. The van der Waals surface area contributed by atoms with E-state index in [1.807, 2.05) is 12.1 Å². The first-order valence-electron chi connectivity index (χ1n) is 20.0. The first-order valence-corrected chi connectivity index (χ1v) is 20.0. The molecule has 0 saturated heterocycles. The predicted molar refractivity (Wildman–Crippen MR) is 241 cm³/mol. The van der Waals surface area contributed by atoms with Crippen LogP contribution in [-0.4, -0.2) is 0 Å². The summed E-state index contributed by atoms with van der Waals surface area (Å²) in [6, 6.07) is 79.7. The minimum atomic E-state index is -0.602. The second-order valence-corrected chi connectivity index (χ2v) is 15.3. The van der Waals surface area contributed by atoms with Crippen molar-refractivity contribution in [1.29, 1.82) is 0 Å². The summed E-state index contributed by atoms with van der Waals surface area (Å²) in [5, 5.41) is 2.21. The maximum absolute atomic E-state index is 6.28. The number of hydrogen-bond acceptors (Lipinski definition) is 2. The summed E-state index contributed by atoms with van der Waals surface area (Å²) in [5.41, 5.74) is 18.0. The van der Waals surface area contributed by atoms with E-state index < -0.39 is 5.41 Å². The Morgan fingerprint density at radius 1 is 0.362 bits per heavy atom. The molecular formula is C56H39NO. The molecule has 0 atom stereocenters. The van der Waals surface area contributed by atoms with Crippen molar-refractivity contribution in [3.05, 3.63) is 246 Å². The molecule has 0 bridgehead atoms. The number of rotatable bonds is 6. The highest BCUT2D eigenvalue weighted by Crippen LogP contribution is 2.55. The Morgan fingerprint density at radius 3 is 1.47 bits per heavy atom. The van der Waals surface area contributed by atoms with E-state index in [2.05, 4.69) is 218 Å². The monoisotopic (exact) mass is 741 g/mol. The molecule has 2 heteroatoms. The van der Waals surface area contributed by atoms with Crippen LogP contribution in [-0.2, 0) is 5.41 Å². The summed E-state index contributed by atoms with van der Waals surface area (Å²) in [4.78, 5) is 2.36. The quantitative estimate of drug-likeness (QED) is 0.169. The van der Waals surface area contributed by atoms with E-state index in [1.165, 1.54) is 61.2 Å². The van der Waals surface area contributed by atoms with Crippen molar-refractivity contribution in [2.45, 2.75) is 12.3 Å². The van der Waals surface area contributed by atoms with E-state index >= 15 is 0 Å². The number of nitrogens with zero attached hydrogens (tertiary/aromatic N) is 1. The van der Waals surface area contributed by atoms with Crippen LogP contribution in [0.4, 0.5) is 17.1 Å². The molecule has 1 heterocycles. The SMILES string of the molecule is Cc1ccc(C2(c3ccc(N(c4ccc(-c5ccccc5)cc4)c4ccc5oc6ccccc6c5c4)cc3)c3ccccc3-c3ccccc3-c3ccccc32)cc1. The van der Waals surface area contributed by atoms with Gasteiger partial charge in [0.25, 0.3) is 0 Å².